The minimum Gasteiger partial charge on any atom is -0.450 e. The van der Waals surface area contributed by atoms with E-state index in [1.165, 1.54) is 0 Å². The molecule has 8 heteroatoms. The molecule has 4 N–H and O–H groups in total. The highest BCUT2D eigenvalue weighted by Gasteiger charge is 2.87. The minimum absolute atomic E-state index is 0.0243. The average molecular weight is 651 g/mol. The molecule has 0 heterocycles. The quantitative estimate of drug-likeness (QED) is 0.147. The average Bonchev–Trinajstić information content (AvgIpc) is 3.51. The van der Waals surface area contributed by atoms with E-state index in [1.807, 2.05) is 111 Å². The first-order chi connectivity index (χ1) is 22.8. The summed E-state index contributed by atoms with van der Waals surface area (Å²) in [6.07, 6.45) is 0.487. The van der Waals surface area contributed by atoms with Gasteiger partial charge in [0.15, 0.2) is 11.4 Å². The molecule has 0 bridgehead atoms. The normalized spacial score (nSPS) is 34.9. The maximum Gasteiger partial charge on any atom is 0.506 e. The second kappa shape index (κ2) is 11.0. The summed E-state index contributed by atoms with van der Waals surface area (Å²) in [7, 11) is 0. The first-order valence-corrected chi connectivity index (χ1v) is 16.5. The third kappa shape index (κ3) is 4.22. The van der Waals surface area contributed by atoms with Crippen LogP contribution < -0.4 is 0 Å². The summed E-state index contributed by atoms with van der Waals surface area (Å²) in [5.41, 5.74) is -3.68. The Bertz CT molecular complexity index is 1700. The van der Waals surface area contributed by atoms with Gasteiger partial charge in [-0.05, 0) is 34.8 Å². The lowest BCUT2D eigenvalue weighted by Crippen LogP contribution is -2.65. The van der Waals surface area contributed by atoms with Crippen molar-refractivity contribution in [3.8, 4) is 0 Å². The van der Waals surface area contributed by atoms with Gasteiger partial charge in [0.05, 0.1) is 12.2 Å². The van der Waals surface area contributed by atoms with Crippen LogP contribution in [0.5, 0.6) is 0 Å². The summed E-state index contributed by atoms with van der Waals surface area (Å²) in [4.78, 5) is 25.8. The zero-order valence-electron chi connectivity index (χ0n) is 27.5. The number of carbonyl (C=O) groups is 2. The molecule has 3 aromatic rings. The van der Waals surface area contributed by atoms with Crippen LogP contribution in [0.25, 0.3) is 0 Å². The van der Waals surface area contributed by atoms with Crippen molar-refractivity contribution >= 4 is 11.9 Å². The fourth-order valence-corrected chi connectivity index (χ4v) is 9.77. The number of Topliss-reactive ketones (excluding diaryl/α,β-unsaturated/α-hetero) is 1. The summed E-state index contributed by atoms with van der Waals surface area (Å²) in [6.45, 7) is 6.90. The smallest absolute Gasteiger partial charge is 0.450 e. The van der Waals surface area contributed by atoms with Gasteiger partial charge in [-0.15, -0.1) is 0 Å². The largest absolute Gasteiger partial charge is 0.506 e. The van der Waals surface area contributed by atoms with Gasteiger partial charge in [0, 0.05) is 35.5 Å². The Morgan fingerprint density at radius 2 is 1.38 bits per heavy atom. The predicted octanol–water partition coefficient (Wildman–Crippen LogP) is 5.65. The number of hydrogen-bond acceptors (Lipinski definition) is 7. The molecule has 0 radical (unpaired) electrons. The number of ether oxygens (including phenoxy) is 2. The SMILES string of the molecule is CC1=C[C@H]2[C@@]3(O)[C@H](C)[C@@H](O)[C@]4(OC(=O)O)[C@H]([C@@H]3C=C(COC(c3ccccc3)(c3ccccc3)c3ccccc3)C[C@]2(O)C1=O)C4(C)C. The van der Waals surface area contributed by atoms with E-state index in [9.17, 15) is 30.0 Å². The van der Waals surface area contributed by atoms with Crippen molar-refractivity contribution in [2.75, 3.05) is 6.61 Å². The van der Waals surface area contributed by atoms with Crippen LogP contribution in [-0.4, -0.2) is 61.9 Å². The van der Waals surface area contributed by atoms with Crippen molar-refractivity contribution in [3.63, 3.8) is 0 Å². The van der Waals surface area contributed by atoms with Crippen molar-refractivity contribution in [2.45, 2.75) is 62.6 Å². The summed E-state index contributed by atoms with van der Waals surface area (Å²) in [5.74, 6) is -3.91. The molecule has 4 aliphatic carbocycles. The number of hydrogen-bond donors (Lipinski definition) is 4. The van der Waals surface area contributed by atoms with Gasteiger partial charge >= 0.3 is 6.16 Å². The molecule has 4 aliphatic rings. The van der Waals surface area contributed by atoms with Crippen LogP contribution in [-0.2, 0) is 19.9 Å². The molecule has 48 heavy (non-hydrogen) atoms. The van der Waals surface area contributed by atoms with Crippen LogP contribution in [0.4, 0.5) is 4.79 Å². The zero-order valence-corrected chi connectivity index (χ0v) is 27.5. The second-order valence-electron chi connectivity index (χ2n) is 14.7. The molecule has 0 aromatic heterocycles. The van der Waals surface area contributed by atoms with Gasteiger partial charge in [-0.2, -0.15) is 0 Å². The lowest BCUT2D eigenvalue weighted by molar-refractivity contribution is -0.211. The lowest BCUT2D eigenvalue weighted by Gasteiger charge is -2.52. The molecular formula is C40H42O8. The fraction of sp³-hybridized carbons (Fsp3) is 0.400. The Balaban J connectivity index is 1.40. The Kier molecular flexibility index (Phi) is 7.42. The van der Waals surface area contributed by atoms with E-state index in [0.717, 1.165) is 16.7 Å². The number of aliphatic hydroxyl groups excluding tert-OH is 1. The highest BCUT2D eigenvalue weighted by molar-refractivity contribution is 6.04. The van der Waals surface area contributed by atoms with E-state index >= 15 is 0 Å². The van der Waals surface area contributed by atoms with Gasteiger partial charge in [0.1, 0.15) is 17.3 Å². The van der Waals surface area contributed by atoms with Crippen molar-refractivity contribution < 1.29 is 39.5 Å². The summed E-state index contributed by atoms with van der Waals surface area (Å²) < 4.78 is 12.7. The van der Waals surface area contributed by atoms with Crippen LogP contribution in [0, 0.1) is 29.1 Å². The maximum atomic E-state index is 13.8. The fourth-order valence-electron chi connectivity index (χ4n) is 9.77. The molecule has 0 saturated heterocycles. The Labute approximate surface area is 280 Å². The molecular weight excluding hydrogens is 608 g/mol. The molecule has 7 rings (SSSR count). The molecule has 2 saturated carbocycles. The van der Waals surface area contributed by atoms with Gasteiger partial charge in [-0.1, -0.05) is 124 Å². The van der Waals surface area contributed by atoms with Gasteiger partial charge in [0.25, 0.3) is 0 Å². The molecule has 0 amide bonds. The van der Waals surface area contributed by atoms with Crippen molar-refractivity contribution in [1.82, 2.24) is 0 Å². The lowest BCUT2D eigenvalue weighted by atomic mass is 9.59. The van der Waals surface area contributed by atoms with Gasteiger partial charge < -0.3 is 29.9 Å². The highest BCUT2D eigenvalue weighted by atomic mass is 16.7. The van der Waals surface area contributed by atoms with E-state index in [-0.39, 0.29) is 13.0 Å². The van der Waals surface area contributed by atoms with Gasteiger partial charge in [0.2, 0.25) is 0 Å². The van der Waals surface area contributed by atoms with Crippen LogP contribution in [0.3, 0.4) is 0 Å². The van der Waals surface area contributed by atoms with E-state index in [1.54, 1.807) is 19.9 Å². The van der Waals surface area contributed by atoms with Crippen LogP contribution >= 0.6 is 0 Å². The predicted molar refractivity (Wildman–Crippen MR) is 178 cm³/mol. The number of carboxylic acid groups (broad SMARTS) is 1. The van der Waals surface area contributed by atoms with E-state index in [0.29, 0.717) is 11.1 Å². The number of ketones is 1. The second-order valence-corrected chi connectivity index (χ2v) is 14.7. The highest BCUT2D eigenvalue weighted by Crippen LogP contribution is 2.76. The molecule has 0 unspecified atom stereocenters. The number of benzene rings is 3. The monoisotopic (exact) mass is 650 g/mol. The molecule has 3 aromatic carbocycles. The van der Waals surface area contributed by atoms with E-state index in [4.69, 9.17) is 9.47 Å². The molecule has 0 aliphatic heterocycles. The molecule has 8 nitrogen and oxygen atoms in total. The van der Waals surface area contributed by atoms with E-state index in [2.05, 4.69) is 0 Å². The first kappa shape index (κ1) is 32.5. The van der Waals surface area contributed by atoms with Crippen LogP contribution in [0.1, 0.15) is 50.8 Å². The first-order valence-electron chi connectivity index (χ1n) is 16.5. The number of fused-ring (bicyclic) bond motifs is 5. The van der Waals surface area contributed by atoms with Crippen molar-refractivity contribution in [1.29, 1.82) is 0 Å². The maximum absolute atomic E-state index is 13.8. The number of rotatable bonds is 7. The van der Waals surface area contributed by atoms with Gasteiger partial charge in [-0.25, -0.2) is 4.79 Å². The standard InChI is InChI=1S/C40H42O8/c1-24-20-31-37(45,33(24)41)22-26(21-30-32-36(3,4)40(32,48-35(43)44)34(42)25(2)38(30,31)46)23-47-39(27-14-8-5-9-15-27,28-16-10-6-11-17-28)29-18-12-7-13-19-29/h5-21,25,30-32,34,42,45-46H,22-23H2,1-4H3,(H,43,44)/t25-,30+,31-,32-,34-,37-,38-,40-/m1/s1. The number of carbonyl (C=O) groups excluding carboxylic acids is 1. The Morgan fingerprint density at radius 3 is 1.85 bits per heavy atom. The summed E-state index contributed by atoms with van der Waals surface area (Å²) >= 11 is 0. The van der Waals surface area contributed by atoms with Crippen LogP contribution in [0.2, 0.25) is 0 Å². The topological polar surface area (TPSA) is 134 Å². The van der Waals surface area contributed by atoms with E-state index < -0.39 is 69.5 Å². The van der Waals surface area contributed by atoms with Crippen molar-refractivity contribution in [2.24, 2.45) is 29.1 Å². The summed E-state index contributed by atoms with van der Waals surface area (Å²) in [6, 6.07) is 29.6. The third-order valence-electron chi connectivity index (χ3n) is 12.1. The zero-order chi connectivity index (χ0) is 34.3. The number of aliphatic hydroxyl groups is 3. The Morgan fingerprint density at radius 1 is 0.875 bits per heavy atom. The molecule has 250 valence electrons. The molecule has 0 spiro atoms. The molecule has 2 fully saturated rings. The van der Waals surface area contributed by atoms with Crippen LogP contribution in [0.15, 0.2) is 114 Å². The van der Waals surface area contributed by atoms with Crippen molar-refractivity contribution in [3.05, 3.63) is 131 Å². The third-order valence-corrected chi connectivity index (χ3v) is 12.1. The minimum atomic E-state index is -2.00. The molecule has 8 atom stereocenters. The Hall–Kier alpha value is -4.08. The summed E-state index contributed by atoms with van der Waals surface area (Å²) in [5, 5.41) is 46.7. The van der Waals surface area contributed by atoms with Gasteiger partial charge in [-0.3, -0.25) is 4.79 Å².